The Bertz CT molecular complexity index is 1190. The molecular weight excluding hydrogens is 731 g/mol. The molecule has 0 bridgehead atoms. The first kappa shape index (κ1) is 55.8. The van der Waals surface area contributed by atoms with Crippen molar-refractivity contribution in [3.05, 3.63) is 97.2 Å². The van der Waals surface area contributed by atoms with Gasteiger partial charge in [-0.05, 0) is 83.5 Å². The van der Waals surface area contributed by atoms with Gasteiger partial charge in [0, 0.05) is 6.42 Å². The van der Waals surface area contributed by atoms with Crippen LogP contribution in [0.15, 0.2) is 97.2 Å². The molecule has 3 N–H and O–H groups in total. The van der Waals surface area contributed by atoms with Gasteiger partial charge in [-0.25, -0.2) is 0 Å². The van der Waals surface area contributed by atoms with Crippen molar-refractivity contribution in [1.82, 2.24) is 5.32 Å². The molecule has 0 aliphatic carbocycles. The Balaban J connectivity index is 4.78. The Morgan fingerprint density at radius 3 is 1.59 bits per heavy atom. The van der Waals surface area contributed by atoms with Crippen molar-refractivity contribution >= 4 is 11.9 Å². The third-order valence-electron chi connectivity index (χ3n) is 10.2. The van der Waals surface area contributed by atoms with E-state index in [9.17, 15) is 19.8 Å². The number of nitrogens with one attached hydrogen (secondary N) is 1. The van der Waals surface area contributed by atoms with E-state index in [0.717, 1.165) is 109 Å². The van der Waals surface area contributed by atoms with Gasteiger partial charge in [0.05, 0.1) is 25.2 Å². The van der Waals surface area contributed by atoms with E-state index >= 15 is 0 Å². The summed E-state index contributed by atoms with van der Waals surface area (Å²) in [5.41, 5.74) is 0. The molecule has 0 aliphatic rings. The quantitative estimate of drug-likeness (QED) is 0.0247. The van der Waals surface area contributed by atoms with Gasteiger partial charge in [-0.2, -0.15) is 0 Å². The highest BCUT2D eigenvalue weighted by molar-refractivity contribution is 5.77. The number of hydrogen-bond donors (Lipinski definition) is 3. The number of amides is 1. The monoisotopic (exact) mass is 820 g/mol. The van der Waals surface area contributed by atoms with Crippen LogP contribution in [0.2, 0.25) is 0 Å². The molecule has 0 saturated heterocycles. The number of aliphatic hydroxyl groups is 2. The summed E-state index contributed by atoms with van der Waals surface area (Å²) >= 11 is 0. The molecule has 1 amide bonds. The summed E-state index contributed by atoms with van der Waals surface area (Å²) in [6.45, 7) is 6.18. The number of carbonyl (C=O) groups is 2. The molecule has 0 aliphatic heterocycles. The predicted molar refractivity (Wildman–Crippen MR) is 254 cm³/mol. The highest BCUT2D eigenvalue weighted by atomic mass is 16.5. The highest BCUT2D eigenvalue weighted by Crippen LogP contribution is 2.16. The second kappa shape index (κ2) is 45.9. The fraction of sp³-hybridized carbons (Fsp3) is 0.660. The zero-order valence-corrected chi connectivity index (χ0v) is 38.1. The van der Waals surface area contributed by atoms with Crippen molar-refractivity contribution < 1.29 is 24.5 Å². The molecule has 0 aromatic heterocycles. The summed E-state index contributed by atoms with van der Waals surface area (Å²) in [5, 5.41) is 23.6. The number of allylic oxidation sites excluding steroid dienone is 16. The molecular formula is C53H89NO5. The van der Waals surface area contributed by atoms with Crippen molar-refractivity contribution in [2.45, 2.75) is 219 Å². The summed E-state index contributed by atoms with van der Waals surface area (Å²) in [4.78, 5) is 26.0. The van der Waals surface area contributed by atoms with Crippen molar-refractivity contribution in [1.29, 1.82) is 0 Å². The average molecular weight is 820 g/mol. The molecule has 0 fully saturated rings. The van der Waals surface area contributed by atoms with Crippen LogP contribution in [0.25, 0.3) is 0 Å². The SMILES string of the molecule is CC/C=C\C/C=C\C/C=C\C/C=C\C/C=C\CCCC(CC(=O)NC(CO)C(O)CCCCCCCCCCCC)OC(=O)CCCCCCC\C=C/C=C/C=C/CC. The van der Waals surface area contributed by atoms with E-state index in [0.29, 0.717) is 19.3 Å². The minimum Gasteiger partial charge on any atom is -0.462 e. The summed E-state index contributed by atoms with van der Waals surface area (Å²) in [5.74, 6) is -0.565. The van der Waals surface area contributed by atoms with Crippen LogP contribution in [0.5, 0.6) is 0 Å². The average Bonchev–Trinajstić information content (AvgIpc) is 3.23. The van der Waals surface area contributed by atoms with Crippen LogP contribution in [0, 0.1) is 0 Å². The summed E-state index contributed by atoms with van der Waals surface area (Å²) in [7, 11) is 0. The van der Waals surface area contributed by atoms with Gasteiger partial charge in [0.25, 0.3) is 0 Å². The van der Waals surface area contributed by atoms with E-state index < -0.39 is 18.2 Å². The maximum Gasteiger partial charge on any atom is 0.306 e. The summed E-state index contributed by atoms with van der Waals surface area (Å²) in [6, 6.07) is -0.728. The lowest BCUT2D eigenvalue weighted by Crippen LogP contribution is -2.46. The Hall–Kier alpha value is -3.22. The summed E-state index contributed by atoms with van der Waals surface area (Å²) in [6.07, 6.45) is 60.4. The third kappa shape index (κ3) is 41.3. The molecule has 3 atom stereocenters. The maximum absolute atomic E-state index is 13.2. The molecule has 59 heavy (non-hydrogen) atoms. The third-order valence-corrected chi connectivity index (χ3v) is 10.2. The van der Waals surface area contributed by atoms with Gasteiger partial charge in [-0.15, -0.1) is 0 Å². The Morgan fingerprint density at radius 1 is 0.525 bits per heavy atom. The van der Waals surface area contributed by atoms with E-state index in [1.807, 2.05) is 0 Å². The number of rotatable bonds is 41. The van der Waals surface area contributed by atoms with E-state index in [1.54, 1.807) is 0 Å². The van der Waals surface area contributed by atoms with E-state index in [4.69, 9.17) is 4.74 Å². The van der Waals surface area contributed by atoms with E-state index in [1.165, 1.54) is 44.9 Å². The molecule has 0 rings (SSSR count). The molecule has 336 valence electrons. The number of aliphatic hydroxyl groups excluding tert-OH is 2. The molecule has 0 saturated carbocycles. The maximum atomic E-state index is 13.2. The van der Waals surface area contributed by atoms with Crippen molar-refractivity contribution in [2.24, 2.45) is 0 Å². The fourth-order valence-corrected chi connectivity index (χ4v) is 6.64. The molecule has 6 nitrogen and oxygen atoms in total. The molecule has 0 aromatic rings. The summed E-state index contributed by atoms with van der Waals surface area (Å²) < 4.78 is 5.88. The fourth-order valence-electron chi connectivity index (χ4n) is 6.64. The van der Waals surface area contributed by atoms with Gasteiger partial charge < -0.3 is 20.3 Å². The molecule has 0 aromatic carbocycles. The normalized spacial score (nSPS) is 14.2. The second-order valence-corrected chi connectivity index (χ2v) is 15.8. The van der Waals surface area contributed by atoms with Gasteiger partial charge in [0.15, 0.2) is 0 Å². The molecule has 0 radical (unpaired) electrons. The van der Waals surface area contributed by atoms with Crippen LogP contribution in [0.1, 0.15) is 201 Å². The lowest BCUT2D eigenvalue weighted by molar-refractivity contribution is -0.151. The smallest absolute Gasteiger partial charge is 0.306 e. The Morgan fingerprint density at radius 2 is 1.02 bits per heavy atom. The standard InChI is InChI=1S/C53H89NO5/c1-4-7-10-13-16-19-22-24-25-26-27-29-30-32-35-38-41-44-49(59-53(58)46-43-40-37-34-31-28-23-20-17-14-11-8-5-2)47-52(57)54-50(48-55)51(56)45-42-39-36-33-21-18-15-12-9-6-3/h7-8,10-11,14,16-17,19-20,23-25,27,29,32,35,49-51,55-56H,4-6,9,12-13,15,18,21-22,26,28,30-31,33-34,36-48H2,1-3H3,(H,54,57)/b10-7-,11-8+,17-14+,19-16-,23-20-,25-24-,29-27-,35-32-. The van der Waals surface area contributed by atoms with E-state index in [2.05, 4.69) is 123 Å². The number of hydrogen-bond acceptors (Lipinski definition) is 5. The molecule has 3 unspecified atom stereocenters. The number of ether oxygens (including phenoxy) is 1. The number of unbranched alkanes of at least 4 members (excludes halogenated alkanes) is 15. The molecule has 0 heterocycles. The largest absolute Gasteiger partial charge is 0.462 e. The zero-order valence-electron chi connectivity index (χ0n) is 38.1. The van der Waals surface area contributed by atoms with Gasteiger partial charge in [-0.1, -0.05) is 201 Å². The van der Waals surface area contributed by atoms with Crippen molar-refractivity contribution in [3.8, 4) is 0 Å². The lowest BCUT2D eigenvalue weighted by Gasteiger charge is -2.24. The van der Waals surface area contributed by atoms with Crippen LogP contribution < -0.4 is 5.32 Å². The van der Waals surface area contributed by atoms with Crippen molar-refractivity contribution in [2.75, 3.05) is 6.61 Å². The van der Waals surface area contributed by atoms with Gasteiger partial charge >= 0.3 is 5.97 Å². The van der Waals surface area contributed by atoms with Gasteiger partial charge in [0.2, 0.25) is 5.91 Å². The van der Waals surface area contributed by atoms with Crippen LogP contribution >= 0.6 is 0 Å². The minimum absolute atomic E-state index is 0.0243. The molecule has 6 heteroatoms. The first-order chi connectivity index (χ1) is 29.0. The van der Waals surface area contributed by atoms with E-state index in [-0.39, 0.29) is 24.9 Å². The highest BCUT2D eigenvalue weighted by Gasteiger charge is 2.24. The van der Waals surface area contributed by atoms with Gasteiger partial charge in [0.1, 0.15) is 6.10 Å². The number of esters is 1. The Labute approximate surface area is 363 Å². The van der Waals surface area contributed by atoms with Crippen LogP contribution in [0.4, 0.5) is 0 Å². The van der Waals surface area contributed by atoms with Gasteiger partial charge in [-0.3, -0.25) is 9.59 Å². The molecule has 0 spiro atoms. The van der Waals surface area contributed by atoms with Crippen LogP contribution in [0.3, 0.4) is 0 Å². The van der Waals surface area contributed by atoms with Crippen LogP contribution in [-0.4, -0.2) is 46.9 Å². The van der Waals surface area contributed by atoms with Crippen molar-refractivity contribution in [3.63, 3.8) is 0 Å². The first-order valence-electron chi connectivity index (χ1n) is 24.0. The predicted octanol–water partition coefficient (Wildman–Crippen LogP) is 14.2. The second-order valence-electron chi connectivity index (χ2n) is 15.8. The van der Waals surface area contributed by atoms with Crippen LogP contribution in [-0.2, 0) is 14.3 Å². The minimum atomic E-state index is -0.810. The zero-order chi connectivity index (χ0) is 43.1. The topological polar surface area (TPSA) is 95.9 Å². The Kier molecular flexibility index (Phi) is 43.4. The number of carbonyl (C=O) groups excluding carboxylic acids is 2. The lowest BCUT2D eigenvalue weighted by atomic mass is 10.0. The first-order valence-corrected chi connectivity index (χ1v) is 24.0.